The largest absolute Gasteiger partial charge is 0.508 e. The number of carboxylic acid groups (broad SMARTS) is 1. The highest BCUT2D eigenvalue weighted by atomic mass is 16.6. The van der Waals surface area contributed by atoms with Gasteiger partial charge in [0.1, 0.15) is 24.6 Å². The Labute approximate surface area is 200 Å². The molecule has 0 bridgehead atoms. The number of phenols is 1. The molecule has 1 aromatic rings. The van der Waals surface area contributed by atoms with Gasteiger partial charge in [0.2, 0.25) is 0 Å². The highest BCUT2D eigenvalue weighted by Crippen LogP contribution is 2.48. The maximum absolute atomic E-state index is 12.9. The quantitative estimate of drug-likeness (QED) is 0.357. The van der Waals surface area contributed by atoms with Crippen LogP contribution >= 0.6 is 0 Å². The summed E-state index contributed by atoms with van der Waals surface area (Å²) in [5, 5.41) is 18.2. The molecule has 10 nitrogen and oxygen atoms in total. The van der Waals surface area contributed by atoms with Gasteiger partial charge in [-0.15, -0.1) is 0 Å². The summed E-state index contributed by atoms with van der Waals surface area (Å²) < 4.78 is 16.3. The van der Waals surface area contributed by atoms with Crippen molar-refractivity contribution in [3.05, 3.63) is 52.6 Å². The van der Waals surface area contributed by atoms with Crippen LogP contribution in [0.1, 0.15) is 25.8 Å². The molecule has 4 rings (SSSR count). The van der Waals surface area contributed by atoms with E-state index in [2.05, 4.69) is 0 Å². The Morgan fingerprint density at radius 2 is 1.83 bits per heavy atom. The Balaban J connectivity index is 1.60. The number of phenolic OH excluding ortho intramolecular Hbond substituents is 1. The van der Waals surface area contributed by atoms with Crippen molar-refractivity contribution < 1.29 is 48.4 Å². The molecule has 1 fully saturated rings. The van der Waals surface area contributed by atoms with Crippen LogP contribution in [-0.4, -0.2) is 58.7 Å². The topological polar surface area (TPSA) is 154 Å². The summed E-state index contributed by atoms with van der Waals surface area (Å²) in [6, 6.07) is 6.12. The lowest BCUT2D eigenvalue weighted by atomic mass is 9.79. The Hall–Kier alpha value is -3.95. The average Bonchev–Trinajstić information content (AvgIpc) is 3.24. The van der Waals surface area contributed by atoms with Crippen LogP contribution in [0.25, 0.3) is 0 Å². The lowest BCUT2D eigenvalue weighted by molar-refractivity contribution is -0.163. The third kappa shape index (κ3) is 4.68. The molecule has 0 amide bonds. The van der Waals surface area contributed by atoms with E-state index >= 15 is 0 Å². The number of carboxylic acids is 1. The molecular weight excluding hydrogens is 460 g/mol. The van der Waals surface area contributed by atoms with E-state index in [-0.39, 0.29) is 24.4 Å². The molecule has 1 heterocycles. The van der Waals surface area contributed by atoms with Gasteiger partial charge in [-0.05, 0) is 36.3 Å². The van der Waals surface area contributed by atoms with Gasteiger partial charge >= 0.3 is 23.9 Å². The monoisotopic (exact) mass is 484 g/mol. The zero-order valence-electron chi connectivity index (χ0n) is 19.1. The van der Waals surface area contributed by atoms with Gasteiger partial charge < -0.3 is 24.4 Å². The van der Waals surface area contributed by atoms with Crippen molar-refractivity contribution in [2.75, 3.05) is 6.61 Å². The average molecular weight is 484 g/mol. The Bertz CT molecular complexity index is 1160. The summed E-state index contributed by atoms with van der Waals surface area (Å²) in [5.74, 6) is -6.47. The van der Waals surface area contributed by atoms with E-state index in [0.717, 1.165) is 0 Å². The van der Waals surface area contributed by atoms with Gasteiger partial charge in [0, 0.05) is 17.9 Å². The first-order valence-electron chi connectivity index (χ1n) is 11.1. The molecule has 0 radical (unpaired) electrons. The first-order chi connectivity index (χ1) is 16.6. The maximum Gasteiger partial charge on any atom is 0.417 e. The number of hydrogen-bond donors (Lipinski definition) is 2. The number of benzene rings is 1. The van der Waals surface area contributed by atoms with Crippen LogP contribution in [0.4, 0.5) is 0 Å². The lowest BCUT2D eigenvalue weighted by Gasteiger charge is -2.29. The predicted molar refractivity (Wildman–Crippen MR) is 117 cm³/mol. The SMILES string of the molecule is CC1=C2C(=O)C=C(COC(=O)C(=O)O)C2C2OC(=O)C(C)C2C(OC(=O)Cc2ccc(O)cc2)C1. The lowest BCUT2D eigenvalue weighted by Crippen LogP contribution is -2.38. The van der Waals surface area contributed by atoms with Crippen LogP contribution in [0.3, 0.4) is 0 Å². The van der Waals surface area contributed by atoms with Gasteiger partial charge in [0.15, 0.2) is 5.78 Å². The van der Waals surface area contributed by atoms with Crippen LogP contribution in [0.15, 0.2) is 47.1 Å². The number of fused-ring (bicyclic) bond motifs is 3. The Kier molecular flexibility index (Phi) is 6.47. The number of ether oxygens (including phenoxy) is 3. The third-order valence-corrected chi connectivity index (χ3v) is 6.71. The second-order valence-electron chi connectivity index (χ2n) is 8.98. The molecule has 1 aliphatic heterocycles. The second kappa shape index (κ2) is 9.36. The maximum atomic E-state index is 12.9. The van der Waals surface area contributed by atoms with Crippen LogP contribution < -0.4 is 0 Å². The molecule has 1 saturated heterocycles. The van der Waals surface area contributed by atoms with E-state index in [9.17, 15) is 29.1 Å². The molecule has 1 aromatic carbocycles. The van der Waals surface area contributed by atoms with Crippen molar-refractivity contribution in [3.8, 4) is 5.75 Å². The minimum atomic E-state index is -1.76. The third-order valence-electron chi connectivity index (χ3n) is 6.71. The molecule has 2 aliphatic carbocycles. The van der Waals surface area contributed by atoms with Gasteiger partial charge in [0.25, 0.3) is 0 Å². The number of carbonyl (C=O) groups is 5. The van der Waals surface area contributed by atoms with E-state index < -0.39 is 60.4 Å². The van der Waals surface area contributed by atoms with Gasteiger partial charge in [-0.3, -0.25) is 14.4 Å². The van der Waals surface area contributed by atoms with E-state index in [0.29, 0.717) is 22.3 Å². The van der Waals surface area contributed by atoms with Crippen LogP contribution in [-0.2, 0) is 44.6 Å². The van der Waals surface area contributed by atoms with Gasteiger partial charge in [-0.25, -0.2) is 9.59 Å². The summed E-state index contributed by atoms with van der Waals surface area (Å²) in [7, 11) is 0. The molecule has 35 heavy (non-hydrogen) atoms. The number of esters is 3. The van der Waals surface area contributed by atoms with Crippen molar-refractivity contribution in [3.63, 3.8) is 0 Å². The number of rotatable bonds is 5. The van der Waals surface area contributed by atoms with E-state index in [1.54, 1.807) is 26.0 Å². The van der Waals surface area contributed by atoms with Crippen molar-refractivity contribution in [1.82, 2.24) is 0 Å². The number of carbonyl (C=O) groups excluding carboxylic acids is 4. The molecule has 5 atom stereocenters. The smallest absolute Gasteiger partial charge is 0.417 e. The molecule has 5 unspecified atom stereocenters. The molecular formula is C25H24O10. The predicted octanol–water partition coefficient (Wildman–Crippen LogP) is 1.50. The highest BCUT2D eigenvalue weighted by Gasteiger charge is 2.56. The van der Waals surface area contributed by atoms with Gasteiger partial charge in [0.05, 0.1) is 18.3 Å². The van der Waals surface area contributed by atoms with Gasteiger partial charge in [-0.1, -0.05) is 24.6 Å². The first-order valence-corrected chi connectivity index (χ1v) is 11.1. The van der Waals surface area contributed by atoms with Crippen LogP contribution in [0.2, 0.25) is 0 Å². The minimum absolute atomic E-state index is 0.0500. The minimum Gasteiger partial charge on any atom is -0.508 e. The van der Waals surface area contributed by atoms with E-state index in [4.69, 9.17) is 19.3 Å². The second-order valence-corrected chi connectivity index (χ2v) is 8.98. The summed E-state index contributed by atoms with van der Waals surface area (Å²) in [6.07, 6.45) is -0.163. The fourth-order valence-electron chi connectivity index (χ4n) is 5.11. The summed E-state index contributed by atoms with van der Waals surface area (Å²) >= 11 is 0. The summed E-state index contributed by atoms with van der Waals surface area (Å²) in [4.78, 5) is 60.4. The molecule has 10 heteroatoms. The number of hydrogen-bond acceptors (Lipinski definition) is 9. The van der Waals surface area contributed by atoms with Crippen molar-refractivity contribution in [2.45, 2.75) is 38.9 Å². The Morgan fingerprint density at radius 1 is 1.14 bits per heavy atom. The van der Waals surface area contributed by atoms with Crippen molar-refractivity contribution >= 4 is 29.7 Å². The Morgan fingerprint density at radius 3 is 2.49 bits per heavy atom. The molecule has 3 aliphatic rings. The molecule has 0 aromatic heterocycles. The van der Waals surface area contributed by atoms with Crippen molar-refractivity contribution in [2.24, 2.45) is 17.8 Å². The summed E-state index contributed by atoms with van der Waals surface area (Å²) in [6.45, 7) is 2.95. The van der Waals surface area contributed by atoms with Crippen LogP contribution in [0, 0.1) is 17.8 Å². The number of aromatic hydroxyl groups is 1. The van der Waals surface area contributed by atoms with Crippen molar-refractivity contribution in [1.29, 1.82) is 0 Å². The summed E-state index contributed by atoms with van der Waals surface area (Å²) in [5.41, 5.74) is 1.99. The normalized spacial score (nSPS) is 27.4. The molecule has 0 saturated carbocycles. The fourth-order valence-corrected chi connectivity index (χ4v) is 5.11. The first kappa shape index (κ1) is 24.2. The number of ketones is 1. The molecule has 2 N–H and O–H groups in total. The highest BCUT2D eigenvalue weighted by molar-refractivity contribution is 6.28. The number of aliphatic carboxylic acids is 1. The standard InChI is InChI=1S/C25H24O10/c1-11-7-17(34-18(28)8-13-3-5-15(26)6-4-13)20-12(2)24(31)35-22(20)21-14(9-16(27)19(11)21)10-33-25(32)23(29)30/h3-6,9,12,17,20-22,26H,7-8,10H2,1-2H3,(H,29,30). The van der Waals surface area contributed by atoms with E-state index in [1.165, 1.54) is 18.2 Å². The zero-order valence-corrected chi connectivity index (χ0v) is 19.1. The zero-order chi connectivity index (χ0) is 25.4. The van der Waals surface area contributed by atoms with Crippen LogP contribution in [0.5, 0.6) is 5.75 Å². The van der Waals surface area contributed by atoms with Gasteiger partial charge in [-0.2, -0.15) is 0 Å². The fraction of sp³-hybridized carbons (Fsp3) is 0.400. The number of allylic oxidation sites excluding steroid dienone is 1. The molecule has 0 spiro atoms. The van der Waals surface area contributed by atoms with E-state index in [1.807, 2.05) is 0 Å². The molecule has 184 valence electrons.